The largest absolute Gasteiger partial charge is 0.458 e. The molecule has 1 aliphatic carbocycles. The first-order chi connectivity index (χ1) is 12.6. The number of hydrogen-bond acceptors (Lipinski definition) is 4. The molecule has 2 bridgehead atoms. The topological polar surface area (TPSA) is 49.8 Å². The van der Waals surface area contributed by atoms with E-state index in [1.165, 1.54) is 12.8 Å². The first-order valence-electron chi connectivity index (χ1n) is 10.3. The van der Waals surface area contributed by atoms with Gasteiger partial charge in [-0.15, -0.1) is 0 Å². The summed E-state index contributed by atoms with van der Waals surface area (Å²) in [5, 5.41) is 11.7. The molecule has 2 heterocycles. The summed E-state index contributed by atoms with van der Waals surface area (Å²) in [6, 6.07) is 10.4. The number of hydrogen-bond donors (Lipinski definition) is 1. The predicted octanol–water partition coefficient (Wildman–Crippen LogP) is 3.62. The molecule has 3 fully saturated rings. The van der Waals surface area contributed by atoms with E-state index in [1.54, 1.807) is 0 Å². The fourth-order valence-corrected chi connectivity index (χ4v) is 5.48. The molecule has 1 aromatic rings. The molecule has 1 N–H and O–H groups in total. The highest BCUT2D eigenvalue weighted by Gasteiger charge is 2.50. The van der Waals surface area contributed by atoms with Gasteiger partial charge in [0, 0.05) is 18.0 Å². The van der Waals surface area contributed by atoms with Gasteiger partial charge in [-0.2, -0.15) is 0 Å². The molecule has 2 saturated heterocycles. The standard InChI is InChI=1S/C22H31NO3/c1-23-18-12-14-19(23)20(15-13-18)26-21(24)22(25,16-8-4-2-5-9-16)17-10-6-3-7-11-17/h2,4-5,8-9,17-20,25H,3,6-7,10-15H2,1H3/t18-,19+,20+,22+/m0/s1. The molecule has 0 aromatic heterocycles. The quantitative estimate of drug-likeness (QED) is 0.836. The van der Waals surface area contributed by atoms with E-state index in [1.807, 2.05) is 30.3 Å². The molecule has 1 aromatic carbocycles. The summed E-state index contributed by atoms with van der Waals surface area (Å²) in [5.41, 5.74) is -0.833. The van der Waals surface area contributed by atoms with Gasteiger partial charge in [-0.3, -0.25) is 4.90 Å². The number of rotatable bonds is 4. The Labute approximate surface area is 156 Å². The van der Waals surface area contributed by atoms with Crippen molar-refractivity contribution in [2.24, 2.45) is 5.92 Å². The Morgan fingerprint density at radius 1 is 1.04 bits per heavy atom. The molecule has 26 heavy (non-hydrogen) atoms. The molecule has 4 rings (SSSR count). The van der Waals surface area contributed by atoms with Crippen molar-refractivity contribution in [3.63, 3.8) is 0 Å². The summed E-state index contributed by atoms with van der Waals surface area (Å²) in [5.74, 6) is -0.483. The normalized spacial score (nSPS) is 32.2. The van der Waals surface area contributed by atoms with Crippen LogP contribution >= 0.6 is 0 Å². The Hall–Kier alpha value is -1.39. The van der Waals surface area contributed by atoms with Gasteiger partial charge in [0.05, 0.1) is 0 Å². The second-order valence-corrected chi connectivity index (χ2v) is 8.45. The van der Waals surface area contributed by atoms with E-state index in [0.29, 0.717) is 17.6 Å². The third kappa shape index (κ3) is 3.07. The van der Waals surface area contributed by atoms with Gasteiger partial charge >= 0.3 is 5.97 Å². The fraction of sp³-hybridized carbons (Fsp3) is 0.682. The van der Waals surface area contributed by atoms with E-state index >= 15 is 0 Å². The smallest absolute Gasteiger partial charge is 0.343 e. The zero-order valence-corrected chi connectivity index (χ0v) is 15.8. The third-order valence-corrected chi connectivity index (χ3v) is 7.09. The van der Waals surface area contributed by atoms with Crippen LogP contribution in [-0.2, 0) is 15.1 Å². The Bertz CT molecular complexity index is 628. The first-order valence-corrected chi connectivity index (χ1v) is 10.3. The minimum atomic E-state index is -1.52. The number of benzene rings is 1. The molecule has 0 unspecified atom stereocenters. The number of ether oxygens (including phenoxy) is 1. The van der Waals surface area contributed by atoms with Crippen molar-refractivity contribution in [1.82, 2.24) is 4.90 Å². The SMILES string of the molecule is CN1[C@H]2CC[C@@H]1[C@H](OC(=O)[C@@](O)(c1ccccc1)C1CCCCC1)CC2. The van der Waals surface area contributed by atoms with Gasteiger partial charge in [-0.1, -0.05) is 49.6 Å². The van der Waals surface area contributed by atoms with Crippen molar-refractivity contribution in [3.05, 3.63) is 35.9 Å². The van der Waals surface area contributed by atoms with Crippen LogP contribution in [0.15, 0.2) is 30.3 Å². The maximum absolute atomic E-state index is 13.3. The van der Waals surface area contributed by atoms with Crippen LogP contribution in [0.25, 0.3) is 0 Å². The summed E-state index contributed by atoms with van der Waals surface area (Å²) < 4.78 is 6.03. The number of nitrogens with zero attached hydrogens (tertiary/aromatic N) is 1. The van der Waals surface area contributed by atoms with E-state index in [-0.39, 0.29) is 12.0 Å². The predicted molar refractivity (Wildman–Crippen MR) is 101 cm³/mol. The molecule has 3 aliphatic rings. The van der Waals surface area contributed by atoms with Gasteiger partial charge in [-0.05, 0) is 51.1 Å². The van der Waals surface area contributed by atoms with Gasteiger partial charge in [0.2, 0.25) is 0 Å². The monoisotopic (exact) mass is 357 g/mol. The van der Waals surface area contributed by atoms with E-state index in [9.17, 15) is 9.90 Å². The lowest BCUT2D eigenvalue weighted by atomic mass is 9.73. The Morgan fingerprint density at radius 2 is 1.73 bits per heavy atom. The highest BCUT2D eigenvalue weighted by molar-refractivity contribution is 5.81. The van der Waals surface area contributed by atoms with Gasteiger partial charge in [0.25, 0.3) is 0 Å². The lowest BCUT2D eigenvalue weighted by molar-refractivity contribution is -0.186. The van der Waals surface area contributed by atoms with Gasteiger partial charge in [-0.25, -0.2) is 4.79 Å². The number of likely N-dealkylation sites (N-methyl/N-ethyl adjacent to an activating group) is 1. The van der Waals surface area contributed by atoms with Crippen LogP contribution in [0, 0.1) is 5.92 Å². The third-order valence-electron chi connectivity index (χ3n) is 7.09. The molecule has 142 valence electrons. The van der Waals surface area contributed by atoms with Crippen molar-refractivity contribution in [2.75, 3.05) is 7.05 Å². The lowest BCUT2D eigenvalue weighted by Gasteiger charge is -2.41. The van der Waals surface area contributed by atoms with Crippen LogP contribution in [-0.4, -0.2) is 41.2 Å². The molecule has 4 heteroatoms. The molecule has 0 amide bonds. The Morgan fingerprint density at radius 3 is 2.46 bits per heavy atom. The molecule has 4 atom stereocenters. The Kier molecular flexibility index (Phi) is 5.07. The second-order valence-electron chi connectivity index (χ2n) is 8.45. The highest BCUT2D eigenvalue weighted by atomic mass is 16.6. The molecular formula is C22H31NO3. The minimum Gasteiger partial charge on any atom is -0.458 e. The maximum Gasteiger partial charge on any atom is 0.343 e. The van der Waals surface area contributed by atoms with Crippen LogP contribution in [0.5, 0.6) is 0 Å². The second kappa shape index (κ2) is 7.32. The molecule has 2 aliphatic heterocycles. The maximum atomic E-state index is 13.3. The number of fused-ring (bicyclic) bond motifs is 2. The average Bonchev–Trinajstić information content (AvgIpc) is 2.92. The van der Waals surface area contributed by atoms with Crippen LogP contribution < -0.4 is 0 Å². The summed E-state index contributed by atoms with van der Waals surface area (Å²) in [6.07, 6.45) is 9.30. The molecule has 4 nitrogen and oxygen atoms in total. The van der Waals surface area contributed by atoms with Crippen molar-refractivity contribution in [3.8, 4) is 0 Å². The summed E-state index contributed by atoms with van der Waals surface area (Å²) in [6.45, 7) is 0. The minimum absolute atomic E-state index is 0.0520. The number of aliphatic hydroxyl groups is 1. The lowest BCUT2D eigenvalue weighted by Crippen LogP contribution is -2.51. The number of carbonyl (C=O) groups excluding carboxylic acids is 1. The molecular weight excluding hydrogens is 326 g/mol. The van der Waals surface area contributed by atoms with Crippen LogP contribution in [0.1, 0.15) is 63.4 Å². The summed E-state index contributed by atoms with van der Waals surface area (Å²) in [4.78, 5) is 15.7. The highest BCUT2D eigenvalue weighted by Crippen LogP contribution is 2.42. The number of piperidine rings is 1. The molecule has 0 radical (unpaired) electrons. The molecule has 1 saturated carbocycles. The number of carbonyl (C=O) groups is 1. The van der Waals surface area contributed by atoms with Crippen LogP contribution in [0.2, 0.25) is 0 Å². The first kappa shape index (κ1) is 18.0. The summed E-state index contributed by atoms with van der Waals surface area (Å²) in [7, 11) is 2.15. The van der Waals surface area contributed by atoms with Crippen LogP contribution in [0.3, 0.4) is 0 Å². The average molecular weight is 357 g/mol. The van der Waals surface area contributed by atoms with Gasteiger partial charge < -0.3 is 9.84 Å². The zero-order chi connectivity index (χ0) is 18.1. The fourth-order valence-electron chi connectivity index (χ4n) is 5.48. The van der Waals surface area contributed by atoms with Crippen molar-refractivity contribution < 1.29 is 14.6 Å². The van der Waals surface area contributed by atoms with Gasteiger partial charge in [0.1, 0.15) is 6.10 Å². The van der Waals surface area contributed by atoms with Crippen molar-refractivity contribution in [2.45, 2.75) is 81.6 Å². The van der Waals surface area contributed by atoms with Gasteiger partial charge in [0.15, 0.2) is 5.60 Å². The molecule has 0 spiro atoms. The van der Waals surface area contributed by atoms with E-state index in [2.05, 4.69) is 11.9 Å². The van der Waals surface area contributed by atoms with Crippen molar-refractivity contribution in [1.29, 1.82) is 0 Å². The number of esters is 1. The van der Waals surface area contributed by atoms with Crippen molar-refractivity contribution >= 4 is 5.97 Å². The zero-order valence-electron chi connectivity index (χ0n) is 15.8. The van der Waals surface area contributed by atoms with E-state index in [0.717, 1.165) is 44.9 Å². The van der Waals surface area contributed by atoms with E-state index < -0.39 is 11.6 Å². The van der Waals surface area contributed by atoms with E-state index in [4.69, 9.17) is 4.74 Å². The van der Waals surface area contributed by atoms with Crippen LogP contribution in [0.4, 0.5) is 0 Å². The Balaban J connectivity index is 1.58. The summed E-state index contributed by atoms with van der Waals surface area (Å²) >= 11 is 0.